The van der Waals surface area contributed by atoms with Crippen molar-refractivity contribution in [3.8, 4) is 0 Å². The number of nitrogens with two attached hydrogens (primary N) is 6. The van der Waals surface area contributed by atoms with Gasteiger partial charge >= 0.3 is 6.09 Å². The molecule has 1 unspecified atom stereocenters. The normalized spacial score (nSPS) is 44.7. The molecular formula is C32H57N11O15. The zero-order chi connectivity index (χ0) is 42.2. The molecule has 1 aliphatic carbocycles. The summed E-state index contributed by atoms with van der Waals surface area (Å²) >= 11 is 0. The van der Waals surface area contributed by atoms with Gasteiger partial charge in [0.15, 0.2) is 18.9 Å². The number of cyclic esters (lactones) is 1. The van der Waals surface area contributed by atoms with Crippen LogP contribution in [0.1, 0.15) is 19.0 Å². The molecule has 5 aliphatic rings. The van der Waals surface area contributed by atoms with E-state index in [-0.39, 0.29) is 51.6 Å². The molecule has 330 valence electrons. The van der Waals surface area contributed by atoms with Gasteiger partial charge in [0.1, 0.15) is 78.9 Å². The monoisotopic (exact) mass is 835 g/mol. The van der Waals surface area contributed by atoms with Gasteiger partial charge in [-0.3, -0.25) is 9.69 Å². The first kappa shape index (κ1) is 44.7. The van der Waals surface area contributed by atoms with E-state index in [0.29, 0.717) is 5.69 Å². The van der Waals surface area contributed by atoms with Gasteiger partial charge in [-0.25, -0.2) is 9.48 Å². The minimum Gasteiger partial charge on any atom is -0.442 e. The lowest BCUT2D eigenvalue weighted by Gasteiger charge is -2.47. The molecule has 58 heavy (non-hydrogen) atoms. The van der Waals surface area contributed by atoms with E-state index in [2.05, 4.69) is 15.6 Å². The number of hydrogen-bond acceptors (Lipinski definition) is 23. The maximum atomic E-state index is 12.5. The topological polar surface area (TPSA) is 422 Å². The molecule has 0 bridgehead atoms. The lowest BCUT2D eigenvalue weighted by Crippen LogP contribution is -2.68. The molecule has 5 fully saturated rings. The average Bonchev–Trinajstić information content (AvgIpc) is 3.87. The van der Waals surface area contributed by atoms with Crippen LogP contribution >= 0.6 is 0 Å². The second-order valence-electron chi connectivity index (χ2n) is 15.3. The number of hydrogen-bond donors (Lipinski definition) is 13. The minimum atomic E-state index is -1.67. The van der Waals surface area contributed by atoms with Gasteiger partial charge in [0, 0.05) is 32.1 Å². The number of rotatable bonds is 14. The highest BCUT2D eigenvalue weighted by Crippen LogP contribution is 2.35. The Morgan fingerprint density at radius 1 is 0.793 bits per heavy atom. The molecule has 4 aliphatic heterocycles. The fourth-order valence-electron chi connectivity index (χ4n) is 7.69. The van der Waals surface area contributed by atoms with E-state index in [1.165, 1.54) is 22.7 Å². The van der Waals surface area contributed by atoms with Crippen LogP contribution in [0.15, 0.2) is 6.20 Å². The molecule has 20 atom stereocenters. The Bertz CT molecular complexity index is 1530. The largest absolute Gasteiger partial charge is 0.442 e. The Morgan fingerprint density at radius 3 is 1.95 bits per heavy atom. The molecule has 5 heterocycles. The summed E-state index contributed by atoms with van der Waals surface area (Å²) in [6, 6.07) is -4.41. The number of nitrogens with one attached hydrogen (secondary N) is 1. The average molecular weight is 836 g/mol. The summed E-state index contributed by atoms with van der Waals surface area (Å²) in [5, 5.41) is 76.0. The van der Waals surface area contributed by atoms with Gasteiger partial charge in [-0.1, -0.05) is 5.21 Å². The molecule has 0 spiro atoms. The first-order chi connectivity index (χ1) is 27.5. The summed E-state index contributed by atoms with van der Waals surface area (Å²) in [5.41, 5.74) is 36.9. The summed E-state index contributed by atoms with van der Waals surface area (Å²) < 4.78 is 42.9. The van der Waals surface area contributed by atoms with Crippen LogP contribution in [0, 0.1) is 0 Å². The van der Waals surface area contributed by atoms with Crippen molar-refractivity contribution in [2.75, 3.05) is 26.2 Å². The maximum Gasteiger partial charge on any atom is 0.410 e. The van der Waals surface area contributed by atoms with E-state index in [9.17, 15) is 40.2 Å². The van der Waals surface area contributed by atoms with Crippen LogP contribution in [0.4, 0.5) is 4.79 Å². The maximum absolute atomic E-state index is 12.5. The summed E-state index contributed by atoms with van der Waals surface area (Å²) in [5.74, 6) is -0.270. The number of ether oxygens (including phenoxy) is 7. The van der Waals surface area contributed by atoms with Crippen molar-refractivity contribution in [2.45, 2.75) is 149 Å². The molecule has 1 aromatic rings. The third-order valence-electron chi connectivity index (χ3n) is 11.0. The van der Waals surface area contributed by atoms with Crippen molar-refractivity contribution >= 4 is 12.0 Å². The van der Waals surface area contributed by atoms with Crippen molar-refractivity contribution < 1.29 is 73.4 Å². The zero-order valence-corrected chi connectivity index (χ0v) is 31.7. The molecule has 26 heteroatoms. The van der Waals surface area contributed by atoms with Gasteiger partial charge in [0.2, 0.25) is 5.91 Å². The van der Waals surface area contributed by atoms with Crippen molar-refractivity contribution in [2.24, 2.45) is 34.4 Å². The lowest BCUT2D eigenvalue weighted by atomic mass is 9.84. The standard InChI is InChI=1S/C32H57N11O15/c1-10(44)39-5-12-8-42(32(51)52-12)6-11-7-43(41-40-11)9-17-27(57-30-19(38)24(49)22(47)16(4-34)54-30)25(50)31(55-17)58-28-20(45)13(35)2-14(36)26(28)56-29-18(37)23(48)21(46)15(3-33)53-29/h7,12-31,45-50H,2-6,8-9,33-38H2,1H3,(H,39,44)/t12?,13-,14+,15-,16+,17-,18-,19-,20+,21-,22-,23-,24-,25-,26-,27-,28-,29-,30-,31+/m1/s1. The van der Waals surface area contributed by atoms with Crippen LogP contribution in [0.5, 0.6) is 0 Å². The molecule has 26 nitrogen and oxygen atoms in total. The van der Waals surface area contributed by atoms with E-state index in [0.717, 1.165) is 0 Å². The van der Waals surface area contributed by atoms with E-state index >= 15 is 0 Å². The molecule has 19 N–H and O–H groups in total. The smallest absolute Gasteiger partial charge is 0.410 e. The van der Waals surface area contributed by atoms with Crippen molar-refractivity contribution in [3.05, 3.63) is 11.9 Å². The van der Waals surface area contributed by atoms with Crippen LogP contribution in [0.3, 0.4) is 0 Å². The lowest BCUT2D eigenvalue weighted by molar-refractivity contribution is -0.306. The van der Waals surface area contributed by atoms with Gasteiger partial charge < -0.3 is 104 Å². The fraction of sp³-hybridized carbons (Fsp3) is 0.875. The van der Waals surface area contributed by atoms with Crippen molar-refractivity contribution in [3.63, 3.8) is 0 Å². The van der Waals surface area contributed by atoms with Gasteiger partial charge in [0.05, 0.1) is 50.6 Å². The molecule has 1 saturated carbocycles. The van der Waals surface area contributed by atoms with Crippen LogP contribution in [-0.2, 0) is 51.0 Å². The molecule has 0 radical (unpaired) electrons. The molecule has 2 amide bonds. The minimum absolute atomic E-state index is 0.0124. The van der Waals surface area contributed by atoms with Crippen LogP contribution in [0.25, 0.3) is 0 Å². The van der Waals surface area contributed by atoms with E-state index in [4.69, 9.17) is 67.6 Å². The van der Waals surface area contributed by atoms with Crippen LogP contribution in [-0.4, -0.2) is 211 Å². The Balaban J connectivity index is 1.21. The highest BCUT2D eigenvalue weighted by Gasteiger charge is 2.54. The first-order valence-corrected chi connectivity index (χ1v) is 19.0. The first-order valence-electron chi connectivity index (χ1n) is 19.0. The number of aliphatic hydroxyl groups excluding tert-OH is 6. The zero-order valence-electron chi connectivity index (χ0n) is 31.7. The Hall–Kier alpha value is -2.84. The second kappa shape index (κ2) is 18.8. The fourth-order valence-corrected chi connectivity index (χ4v) is 7.69. The second-order valence-corrected chi connectivity index (χ2v) is 15.3. The highest BCUT2D eigenvalue weighted by molar-refractivity contribution is 5.73. The van der Waals surface area contributed by atoms with Gasteiger partial charge in [-0.05, 0) is 6.42 Å². The molecular weight excluding hydrogens is 778 g/mol. The number of amides is 2. The Kier molecular flexibility index (Phi) is 14.5. The molecule has 0 aromatic carbocycles. The van der Waals surface area contributed by atoms with Crippen LogP contribution in [0.2, 0.25) is 0 Å². The number of aliphatic hydroxyl groups is 6. The predicted octanol–water partition coefficient (Wildman–Crippen LogP) is -9.14. The highest BCUT2D eigenvalue weighted by atomic mass is 16.8. The van der Waals surface area contributed by atoms with E-state index < -0.39 is 128 Å². The number of carbonyl (C=O) groups excluding carboxylic acids is 2. The number of aromatic nitrogens is 3. The number of carbonyl (C=O) groups is 2. The van der Waals surface area contributed by atoms with E-state index in [1.54, 1.807) is 0 Å². The summed E-state index contributed by atoms with van der Waals surface area (Å²) in [4.78, 5) is 25.2. The summed E-state index contributed by atoms with van der Waals surface area (Å²) in [6.07, 6.45) is -20.2. The Morgan fingerprint density at radius 2 is 1.36 bits per heavy atom. The third kappa shape index (κ3) is 9.54. The quantitative estimate of drug-likeness (QED) is 0.0827. The molecule has 1 aromatic heterocycles. The van der Waals surface area contributed by atoms with Crippen molar-refractivity contribution in [1.29, 1.82) is 0 Å². The third-order valence-corrected chi connectivity index (χ3v) is 11.0. The van der Waals surface area contributed by atoms with Crippen LogP contribution < -0.4 is 39.7 Å². The van der Waals surface area contributed by atoms with Gasteiger partial charge in [-0.15, -0.1) is 5.10 Å². The van der Waals surface area contributed by atoms with E-state index in [1.807, 2.05) is 0 Å². The molecule has 4 saturated heterocycles. The predicted molar refractivity (Wildman–Crippen MR) is 191 cm³/mol. The summed E-state index contributed by atoms with van der Waals surface area (Å²) in [6.45, 7) is 1.14. The van der Waals surface area contributed by atoms with Crippen molar-refractivity contribution in [1.82, 2.24) is 25.2 Å². The Labute approximate surface area is 331 Å². The number of nitrogens with zero attached hydrogens (tertiary/aromatic N) is 4. The summed E-state index contributed by atoms with van der Waals surface area (Å²) in [7, 11) is 0. The van der Waals surface area contributed by atoms with Gasteiger partial charge in [-0.2, -0.15) is 0 Å². The van der Waals surface area contributed by atoms with Gasteiger partial charge in [0.25, 0.3) is 0 Å². The molecule has 6 rings (SSSR count). The SMILES string of the molecule is CC(=O)NCC1CN(Cc2cn(C[C@H]3O[C@@H](O[C@@H]4[C@@H](O)[C@H](N)C[C@H](N)[C@H]4O[C@H]4O[C@H](CN)[C@@H](O)[C@H](O)[C@H]4N)[C@H](O)[C@@H]3O[C@H]3O[C@@H](CN)[C@@H](O)[C@H](O)[C@H]3N)nn2)C(=O)O1.